The fourth-order valence-electron chi connectivity index (χ4n) is 1.79. The van der Waals surface area contributed by atoms with E-state index in [-0.39, 0.29) is 6.61 Å². The second kappa shape index (κ2) is 6.74. The van der Waals surface area contributed by atoms with E-state index in [9.17, 15) is 0 Å². The first kappa shape index (κ1) is 14.2. The zero-order valence-electron chi connectivity index (χ0n) is 11.3. The van der Waals surface area contributed by atoms with Crippen LogP contribution >= 0.6 is 0 Å². The Bertz CT molecular complexity index is 326. The van der Waals surface area contributed by atoms with Gasteiger partial charge >= 0.3 is 0 Å². The summed E-state index contributed by atoms with van der Waals surface area (Å²) in [5.41, 5.74) is 1.10. The van der Waals surface area contributed by atoms with Crippen LogP contribution in [0.5, 0.6) is 0 Å². The number of H-pyrrole nitrogens is 1. The van der Waals surface area contributed by atoms with Crippen molar-refractivity contribution in [2.75, 3.05) is 33.8 Å². The zero-order chi connectivity index (χ0) is 12.8. The Morgan fingerprint density at radius 2 is 2.18 bits per heavy atom. The average Bonchev–Trinajstić information content (AvgIpc) is 2.64. The van der Waals surface area contributed by atoms with E-state index in [0.29, 0.717) is 6.04 Å². The number of nitrogens with zero attached hydrogens (tertiary/aromatic N) is 3. The van der Waals surface area contributed by atoms with Crippen LogP contribution in [-0.4, -0.2) is 64.7 Å². The lowest BCUT2D eigenvalue weighted by Gasteiger charge is -2.27. The Balaban J connectivity index is 2.38. The number of hydrogen-bond donors (Lipinski definition) is 2. The summed E-state index contributed by atoms with van der Waals surface area (Å²) in [6.07, 6.45) is 1.85. The minimum atomic E-state index is 0.213. The highest BCUT2D eigenvalue weighted by molar-refractivity contribution is 4.98. The van der Waals surface area contributed by atoms with Gasteiger partial charge in [0, 0.05) is 31.0 Å². The van der Waals surface area contributed by atoms with Crippen LogP contribution in [0.25, 0.3) is 0 Å². The minimum absolute atomic E-state index is 0.213. The van der Waals surface area contributed by atoms with Gasteiger partial charge in [-0.25, -0.2) is 4.98 Å². The summed E-state index contributed by atoms with van der Waals surface area (Å²) in [5, 5.41) is 8.86. The number of rotatable bonds is 7. The van der Waals surface area contributed by atoms with Crippen molar-refractivity contribution in [2.45, 2.75) is 26.4 Å². The summed E-state index contributed by atoms with van der Waals surface area (Å²) in [6, 6.07) is 0.428. The van der Waals surface area contributed by atoms with E-state index in [1.165, 1.54) is 0 Å². The molecule has 0 aromatic carbocycles. The number of aromatic amines is 1. The molecule has 0 radical (unpaired) electrons. The molecule has 0 aliphatic rings. The summed E-state index contributed by atoms with van der Waals surface area (Å²) >= 11 is 0. The third kappa shape index (κ3) is 4.85. The first-order chi connectivity index (χ1) is 8.02. The van der Waals surface area contributed by atoms with E-state index < -0.39 is 0 Å². The summed E-state index contributed by atoms with van der Waals surface area (Å²) in [6.45, 7) is 6.89. The topological polar surface area (TPSA) is 55.4 Å². The Kier molecular flexibility index (Phi) is 5.61. The highest BCUT2D eigenvalue weighted by atomic mass is 16.3. The van der Waals surface area contributed by atoms with E-state index in [1.54, 1.807) is 0 Å². The molecule has 0 saturated heterocycles. The molecule has 1 aromatic heterocycles. The van der Waals surface area contributed by atoms with Gasteiger partial charge in [-0.3, -0.25) is 4.90 Å². The van der Waals surface area contributed by atoms with E-state index >= 15 is 0 Å². The van der Waals surface area contributed by atoms with E-state index in [1.807, 2.05) is 20.2 Å². The summed E-state index contributed by atoms with van der Waals surface area (Å²) in [5.74, 6) is 1.00. The molecule has 0 amide bonds. The van der Waals surface area contributed by atoms with Gasteiger partial charge in [-0.1, -0.05) is 0 Å². The van der Waals surface area contributed by atoms with Gasteiger partial charge in [0.15, 0.2) is 0 Å². The maximum Gasteiger partial charge on any atom is 0.120 e. The molecule has 5 heteroatoms. The van der Waals surface area contributed by atoms with Crippen molar-refractivity contribution in [3.05, 3.63) is 17.7 Å². The third-order valence-corrected chi connectivity index (χ3v) is 2.96. The van der Waals surface area contributed by atoms with Gasteiger partial charge in [-0.2, -0.15) is 0 Å². The van der Waals surface area contributed by atoms with Crippen molar-refractivity contribution >= 4 is 0 Å². The van der Waals surface area contributed by atoms with Crippen molar-refractivity contribution < 1.29 is 5.11 Å². The monoisotopic (exact) mass is 240 g/mol. The van der Waals surface area contributed by atoms with Crippen LogP contribution in [0.1, 0.15) is 18.4 Å². The molecule has 5 nitrogen and oxygen atoms in total. The van der Waals surface area contributed by atoms with Gasteiger partial charge < -0.3 is 15.0 Å². The number of nitrogens with one attached hydrogen (secondary N) is 1. The molecule has 1 rings (SSSR count). The zero-order valence-corrected chi connectivity index (χ0v) is 11.3. The second-order valence-corrected chi connectivity index (χ2v) is 4.76. The van der Waals surface area contributed by atoms with Gasteiger partial charge in [0.1, 0.15) is 5.82 Å². The lowest BCUT2D eigenvalue weighted by atomic mass is 10.2. The van der Waals surface area contributed by atoms with Crippen LogP contribution in [0.4, 0.5) is 0 Å². The van der Waals surface area contributed by atoms with E-state index in [2.05, 4.69) is 33.7 Å². The first-order valence-corrected chi connectivity index (χ1v) is 6.03. The molecule has 0 aliphatic carbocycles. The normalized spacial score (nSPS) is 13.6. The summed E-state index contributed by atoms with van der Waals surface area (Å²) < 4.78 is 0. The molecular formula is C12H24N4O. The first-order valence-electron chi connectivity index (χ1n) is 6.03. The molecule has 1 heterocycles. The van der Waals surface area contributed by atoms with Gasteiger partial charge in [0.05, 0.1) is 13.2 Å². The largest absolute Gasteiger partial charge is 0.395 e. The molecule has 2 N–H and O–H groups in total. The van der Waals surface area contributed by atoms with Crippen LogP contribution in [0.15, 0.2) is 6.20 Å². The highest BCUT2D eigenvalue weighted by Crippen LogP contribution is 2.04. The molecular weight excluding hydrogens is 216 g/mol. The van der Waals surface area contributed by atoms with Crippen molar-refractivity contribution in [3.63, 3.8) is 0 Å². The molecule has 0 spiro atoms. The molecule has 1 unspecified atom stereocenters. The Morgan fingerprint density at radius 3 is 2.71 bits per heavy atom. The Morgan fingerprint density at radius 1 is 1.47 bits per heavy atom. The number of likely N-dealkylation sites (N-methyl/N-ethyl adjacent to an activating group) is 2. The van der Waals surface area contributed by atoms with Crippen LogP contribution in [-0.2, 0) is 6.54 Å². The standard InChI is InChI=1S/C12H24N4O/c1-10-7-13-12(14-10)9-16(4)11(2)8-15(3)5-6-17/h7,11,17H,5-6,8-9H2,1-4H3,(H,13,14). The van der Waals surface area contributed by atoms with Crippen LogP contribution in [0.2, 0.25) is 0 Å². The smallest absolute Gasteiger partial charge is 0.120 e. The number of aliphatic hydroxyl groups is 1. The van der Waals surface area contributed by atoms with Crippen LogP contribution in [0.3, 0.4) is 0 Å². The Hall–Kier alpha value is -0.910. The maximum absolute atomic E-state index is 8.86. The summed E-state index contributed by atoms with van der Waals surface area (Å²) in [7, 11) is 4.12. The number of hydrogen-bond acceptors (Lipinski definition) is 4. The molecule has 0 saturated carbocycles. The number of aryl methyl sites for hydroxylation is 1. The van der Waals surface area contributed by atoms with Crippen LogP contribution in [0, 0.1) is 6.92 Å². The molecule has 0 fully saturated rings. The molecule has 0 bridgehead atoms. The van der Waals surface area contributed by atoms with Gasteiger partial charge in [0.25, 0.3) is 0 Å². The van der Waals surface area contributed by atoms with Crippen molar-refractivity contribution in [1.82, 2.24) is 19.8 Å². The third-order valence-electron chi connectivity index (χ3n) is 2.96. The lowest BCUT2D eigenvalue weighted by Crippen LogP contribution is -2.39. The highest BCUT2D eigenvalue weighted by Gasteiger charge is 2.13. The second-order valence-electron chi connectivity index (χ2n) is 4.76. The van der Waals surface area contributed by atoms with Gasteiger partial charge in [-0.05, 0) is 27.9 Å². The quantitative estimate of drug-likeness (QED) is 0.727. The number of aliphatic hydroxyl groups excluding tert-OH is 1. The SMILES string of the molecule is Cc1cnc(CN(C)C(C)CN(C)CCO)[nH]1. The van der Waals surface area contributed by atoms with E-state index in [0.717, 1.165) is 31.2 Å². The summed E-state index contributed by atoms with van der Waals surface area (Å²) in [4.78, 5) is 11.9. The van der Waals surface area contributed by atoms with Gasteiger partial charge in [-0.15, -0.1) is 0 Å². The molecule has 0 aliphatic heterocycles. The molecule has 1 aromatic rings. The molecule has 17 heavy (non-hydrogen) atoms. The van der Waals surface area contributed by atoms with Crippen molar-refractivity contribution in [3.8, 4) is 0 Å². The predicted octanol–water partition coefficient (Wildman–Crippen LogP) is 0.463. The molecule has 98 valence electrons. The van der Waals surface area contributed by atoms with E-state index in [4.69, 9.17) is 5.11 Å². The number of imidazole rings is 1. The fraction of sp³-hybridized carbons (Fsp3) is 0.750. The maximum atomic E-state index is 8.86. The predicted molar refractivity (Wildman–Crippen MR) is 68.8 cm³/mol. The average molecular weight is 240 g/mol. The van der Waals surface area contributed by atoms with Crippen molar-refractivity contribution in [2.24, 2.45) is 0 Å². The minimum Gasteiger partial charge on any atom is -0.395 e. The molecule has 1 atom stereocenters. The fourth-order valence-corrected chi connectivity index (χ4v) is 1.79. The number of aromatic nitrogens is 2. The lowest BCUT2D eigenvalue weighted by molar-refractivity contribution is 0.161. The Labute approximate surface area is 103 Å². The van der Waals surface area contributed by atoms with Crippen LogP contribution < -0.4 is 0 Å². The van der Waals surface area contributed by atoms with Crippen molar-refractivity contribution in [1.29, 1.82) is 0 Å². The van der Waals surface area contributed by atoms with Gasteiger partial charge in [0.2, 0.25) is 0 Å².